The predicted molar refractivity (Wildman–Crippen MR) is 102 cm³/mol. The fourth-order valence-electron chi connectivity index (χ4n) is 2.53. The molecule has 2 rings (SSSR count). The molecule has 0 spiro atoms. The lowest BCUT2D eigenvalue weighted by molar-refractivity contribution is 0.146. The van der Waals surface area contributed by atoms with Gasteiger partial charge < -0.3 is 10.0 Å². The van der Waals surface area contributed by atoms with E-state index < -0.39 is 6.10 Å². The average Bonchev–Trinajstić information content (AvgIpc) is 3.06. The third-order valence-corrected chi connectivity index (χ3v) is 5.09. The van der Waals surface area contributed by atoms with Gasteiger partial charge in [0.05, 0.1) is 12.2 Å². The van der Waals surface area contributed by atoms with E-state index in [1.165, 1.54) is 5.56 Å². The maximum atomic E-state index is 10.2. The summed E-state index contributed by atoms with van der Waals surface area (Å²) in [5, 5.41) is 19.7. The van der Waals surface area contributed by atoms with Gasteiger partial charge in [0.25, 0.3) is 0 Å². The van der Waals surface area contributed by atoms with E-state index in [9.17, 15) is 5.11 Å². The standard InChI is InChI=1S/C19H26N4OS/c1-15(2)16-5-7-17(8-6-16)23-12-10-21-19(23)25-14-18(24)13-22(3)11-4-9-20/h5-8,10,12,15,18,24H,4,11,13-14H2,1-3H3. The van der Waals surface area contributed by atoms with Gasteiger partial charge in [0.2, 0.25) is 0 Å². The van der Waals surface area contributed by atoms with Gasteiger partial charge in [-0.05, 0) is 30.7 Å². The zero-order valence-corrected chi connectivity index (χ0v) is 15.9. The number of nitriles is 1. The Bertz CT molecular complexity index is 690. The summed E-state index contributed by atoms with van der Waals surface area (Å²) in [7, 11) is 1.92. The number of hydrogen-bond donors (Lipinski definition) is 1. The van der Waals surface area contributed by atoms with Crippen LogP contribution in [0.15, 0.2) is 41.8 Å². The van der Waals surface area contributed by atoms with Crippen LogP contribution in [0.3, 0.4) is 0 Å². The fourth-order valence-corrected chi connectivity index (χ4v) is 3.42. The Labute approximate surface area is 154 Å². The summed E-state index contributed by atoms with van der Waals surface area (Å²) in [6.07, 6.45) is 3.75. The molecule has 1 atom stereocenters. The van der Waals surface area contributed by atoms with E-state index in [0.29, 0.717) is 31.2 Å². The molecule has 0 aliphatic carbocycles. The Kier molecular flexibility index (Phi) is 7.51. The van der Waals surface area contributed by atoms with Crippen molar-refractivity contribution in [1.82, 2.24) is 14.5 Å². The number of aliphatic hydroxyl groups is 1. The summed E-state index contributed by atoms with van der Waals surface area (Å²) < 4.78 is 2.04. The molecule has 2 aromatic rings. The first-order chi connectivity index (χ1) is 12.0. The number of benzene rings is 1. The highest BCUT2D eigenvalue weighted by Crippen LogP contribution is 2.23. The number of imidazole rings is 1. The van der Waals surface area contributed by atoms with Crippen molar-refractivity contribution in [3.8, 4) is 11.8 Å². The minimum Gasteiger partial charge on any atom is -0.391 e. The highest BCUT2D eigenvalue weighted by Gasteiger charge is 2.12. The van der Waals surface area contributed by atoms with Crippen LogP contribution in [0, 0.1) is 11.3 Å². The lowest BCUT2D eigenvalue weighted by Gasteiger charge is -2.19. The number of thioether (sulfide) groups is 1. The van der Waals surface area contributed by atoms with Crippen LogP contribution in [0.2, 0.25) is 0 Å². The van der Waals surface area contributed by atoms with Gasteiger partial charge in [0.15, 0.2) is 5.16 Å². The molecule has 1 N–H and O–H groups in total. The largest absolute Gasteiger partial charge is 0.391 e. The van der Waals surface area contributed by atoms with Crippen molar-refractivity contribution in [3.63, 3.8) is 0 Å². The van der Waals surface area contributed by atoms with Crippen LogP contribution >= 0.6 is 11.8 Å². The van der Waals surface area contributed by atoms with Gasteiger partial charge in [0.1, 0.15) is 0 Å². The van der Waals surface area contributed by atoms with Gasteiger partial charge in [-0.15, -0.1) is 0 Å². The van der Waals surface area contributed by atoms with Crippen molar-refractivity contribution in [2.75, 3.05) is 25.9 Å². The van der Waals surface area contributed by atoms with E-state index >= 15 is 0 Å². The molecular formula is C19H26N4OS. The molecule has 1 unspecified atom stereocenters. The number of nitrogens with zero attached hydrogens (tertiary/aromatic N) is 4. The smallest absolute Gasteiger partial charge is 0.172 e. The summed E-state index contributed by atoms with van der Waals surface area (Å²) in [5.74, 6) is 1.08. The third kappa shape index (κ3) is 5.89. The lowest BCUT2D eigenvalue weighted by Crippen LogP contribution is -2.31. The van der Waals surface area contributed by atoms with E-state index in [4.69, 9.17) is 5.26 Å². The quantitative estimate of drug-likeness (QED) is 0.697. The van der Waals surface area contributed by atoms with Gasteiger partial charge in [0, 0.05) is 43.3 Å². The number of rotatable bonds is 9. The molecule has 134 valence electrons. The normalized spacial score (nSPS) is 12.5. The van der Waals surface area contributed by atoms with Crippen molar-refractivity contribution >= 4 is 11.8 Å². The summed E-state index contributed by atoms with van der Waals surface area (Å²) in [6, 6.07) is 10.6. The molecule has 1 heterocycles. The van der Waals surface area contributed by atoms with Crippen LogP contribution in [0.4, 0.5) is 0 Å². The molecule has 6 heteroatoms. The highest BCUT2D eigenvalue weighted by atomic mass is 32.2. The molecule has 1 aromatic carbocycles. The van der Waals surface area contributed by atoms with Gasteiger partial charge in [-0.25, -0.2) is 4.98 Å². The van der Waals surface area contributed by atoms with Crippen molar-refractivity contribution in [1.29, 1.82) is 5.26 Å². The number of aliphatic hydroxyl groups excluding tert-OH is 1. The lowest BCUT2D eigenvalue weighted by atomic mass is 10.0. The summed E-state index contributed by atoms with van der Waals surface area (Å²) in [5.41, 5.74) is 2.39. The Hall–Kier alpha value is -1.81. The summed E-state index contributed by atoms with van der Waals surface area (Å²) >= 11 is 1.54. The molecule has 0 fully saturated rings. The molecule has 0 bridgehead atoms. The van der Waals surface area contributed by atoms with Crippen molar-refractivity contribution in [3.05, 3.63) is 42.2 Å². The summed E-state index contributed by atoms with van der Waals surface area (Å²) in [6.45, 7) is 5.60. The molecule has 5 nitrogen and oxygen atoms in total. The van der Waals surface area contributed by atoms with E-state index in [-0.39, 0.29) is 0 Å². The first kappa shape index (κ1) is 19.5. The maximum absolute atomic E-state index is 10.2. The van der Waals surface area contributed by atoms with Crippen LogP contribution in [0.25, 0.3) is 5.69 Å². The number of likely N-dealkylation sites (N-methyl/N-ethyl adjacent to an activating group) is 1. The van der Waals surface area contributed by atoms with E-state index in [1.807, 2.05) is 22.7 Å². The SMILES string of the molecule is CC(C)c1ccc(-n2ccnc2SCC(O)CN(C)CCC#N)cc1. The second-order valence-corrected chi connectivity index (χ2v) is 7.45. The van der Waals surface area contributed by atoms with Crippen LogP contribution < -0.4 is 0 Å². The molecule has 0 radical (unpaired) electrons. The van der Waals surface area contributed by atoms with Gasteiger partial charge >= 0.3 is 0 Å². The van der Waals surface area contributed by atoms with E-state index in [1.54, 1.807) is 18.0 Å². The summed E-state index contributed by atoms with van der Waals surface area (Å²) in [4.78, 5) is 6.39. The topological polar surface area (TPSA) is 65.1 Å². The second kappa shape index (κ2) is 9.62. The molecule has 1 aromatic heterocycles. The molecule has 0 aliphatic heterocycles. The zero-order valence-electron chi connectivity index (χ0n) is 15.1. The first-order valence-corrected chi connectivity index (χ1v) is 9.50. The van der Waals surface area contributed by atoms with Crippen LogP contribution in [-0.2, 0) is 0 Å². The minimum absolute atomic E-state index is 0.456. The first-order valence-electron chi connectivity index (χ1n) is 8.51. The minimum atomic E-state index is -0.456. The van der Waals surface area contributed by atoms with Crippen molar-refractivity contribution in [2.24, 2.45) is 0 Å². The highest BCUT2D eigenvalue weighted by molar-refractivity contribution is 7.99. The molecule has 0 saturated heterocycles. The monoisotopic (exact) mass is 358 g/mol. The number of hydrogen-bond acceptors (Lipinski definition) is 5. The van der Waals surface area contributed by atoms with Crippen LogP contribution in [-0.4, -0.2) is 51.6 Å². The molecular weight excluding hydrogens is 332 g/mol. The van der Waals surface area contributed by atoms with E-state index in [2.05, 4.69) is 49.2 Å². The van der Waals surface area contributed by atoms with Crippen LogP contribution in [0.5, 0.6) is 0 Å². The second-order valence-electron chi connectivity index (χ2n) is 6.46. The average molecular weight is 359 g/mol. The molecule has 0 amide bonds. The maximum Gasteiger partial charge on any atom is 0.172 e. The Balaban J connectivity index is 1.94. The number of aromatic nitrogens is 2. The van der Waals surface area contributed by atoms with Crippen molar-refractivity contribution < 1.29 is 5.11 Å². The van der Waals surface area contributed by atoms with Crippen molar-refractivity contribution in [2.45, 2.75) is 37.4 Å². The van der Waals surface area contributed by atoms with Crippen LogP contribution in [0.1, 0.15) is 31.7 Å². The third-order valence-electron chi connectivity index (χ3n) is 3.98. The van der Waals surface area contributed by atoms with Gasteiger partial charge in [-0.3, -0.25) is 4.57 Å². The Morgan fingerprint density at radius 2 is 2.04 bits per heavy atom. The molecule has 0 aliphatic rings. The molecule has 0 saturated carbocycles. The fraction of sp³-hybridized carbons (Fsp3) is 0.474. The zero-order chi connectivity index (χ0) is 18.2. The van der Waals surface area contributed by atoms with Gasteiger partial charge in [-0.1, -0.05) is 37.7 Å². The predicted octanol–water partition coefficient (Wildman–Crippen LogP) is 3.29. The molecule has 25 heavy (non-hydrogen) atoms. The van der Waals surface area contributed by atoms with Gasteiger partial charge in [-0.2, -0.15) is 5.26 Å². The van der Waals surface area contributed by atoms with E-state index in [0.717, 1.165) is 10.8 Å². The Morgan fingerprint density at radius 3 is 2.68 bits per heavy atom. The Morgan fingerprint density at radius 1 is 1.32 bits per heavy atom.